The molecular weight excluding hydrogens is 220 g/mol. The minimum atomic E-state index is 0.374. The van der Waals surface area contributed by atoms with Gasteiger partial charge in [0, 0.05) is 17.4 Å². The first kappa shape index (κ1) is 15.2. The standard InChI is InChI=1S/C16H28N2/c1-10(2)12(4)9-17-14(6)16-11(3)8-13(5)18-15(16)7/h8,10,12,14,17H,9H2,1-7H3. The second-order valence-electron chi connectivity index (χ2n) is 5.93. The molecule has 0 bridgehead atoms. The van der Waals surface area contributed by atoms with E-state index >= 15 is 0 Å². The van der Waals surface area contributed by atoms with Crippen LogP contribution in [0.4, 0.5) is 0 Å². The van der Waals surface area contributed by atoms with E-state index in [0.717, 1.165) is 23.9 Å². The van der Waals surface area contributed by atoms with Crippen LogP contribution in [0, 0.1) is 32.6 Å². The Bertz CT molecular complexity index is 373. The molecule has 0 aromatic carbocycles. The van der Waals surface area contributed by atoms with Crippen LogP contribution >= 0.6 is 0 Å². The molecule has 2 unspecified atom stereocenters. The van der Waals surface area contributed by atoms with E-state index in [2.05, 4.69) is 64.8 Å². The normalized spacial score (nSPS) is 14.9. The number of pyridine rings is 1. The average molecular weight is 248 g/mol. The summed E-state index contributed by atoms with van der Waals surface area (Å²) < 4.78 is 0. The van der Waals surface area contributed by atoms with Gasteiger partial charge in [0.2, 0.25) is 0 Å². The number of aryl methyl sites for hydroxylation is 3. The van der Waals surface area contributed by atoms with E-state index in [4.69, 9.17) is 0 Å². The highest BCUT2D eigenvalue weighted by atomic mass is 14.9. The summed E-state index contributed by atoms with van der Waals surface area (Å²) in [6, 6.07) is 2.55. The third-order valence-corrected chi connectivity index (χ3v) is 3.90. The molecule has 2 atom stereocenters. The van der Waals surface area contributed by atoms with Gasteiger partial charge in [0.1, 0.15) is 0 Å². The zero-order valence-electron chi connectivity index (χ0n) is 13.0. The van der Waals surface area contributed by atoms with Crippen molar-refractivity contribution in [1.29, 1.82) is 0 Å². The molecule has 0 aliphatic rings. The van der Waals surface area contributed by atoms with Gasteiger partial charge in [-0.1, -0.05) is 20.8 Å². The third-order valence-electron chi connectivity index (χ3n) is 3.90. The van der Waals surface area contributed by atoms with Crippen LogP contribution in [0.2, 0.25) is 0 Å². The summed E-state index contributed by atoms with van der Waals surface area (Å²) >= 11 is 0. The smallest absolute Gasteiger partial charge is 0.0426 e. The Labute approximate surface area is 112 Å². The summed E-state index contributed by atoms with van der Waals surface area (Å²) in [6.45, 7) is 16.5. The van der Waals surface area contributed by atoms with Crippen LogP contribution in [0.15, 0.2) is 6.07 Å². The van der Waals surface area contributed by atoms with Crippen LogP contribution in [0.5, 0.6) is 0 Å². The first-order chi connectivity index (χ1) is 8.32. The molecule has 2 nitrogen and oxygen atoms in total. The fourth-order valence-electron chi connectivity index (χ4n) is 2.39. The molecule has 1 aromatic rings. The molecule has 0 fully saturated rings. The van der Waals surface area contributed by atoms with Crippen molar-refractivity contribution >= 4 is 0 Å². The van der Waals surface area contributed by atoms with Crippen molar-refractivity contribution in [2.24, 2.45) is 11.8 Å². The maximum Gasteiger partial charge on any atom is 0.0426 e. The first-order valence-corrected chi connectivity index (χ1v) is 7.01. The van der Waals surface area contributed by atoms with E-state index < -0.39 is 0 Å². The Hall–Kier alpha value is -0.890. The summed E-state index contributed by atoms with van der Waals surface area (Å²) in [5, 5.41) is 3.64. The molecule has 0 saturated carbocycles. The Kier molecular flexibility index (Phi) is 5.33. The van der Waals surface area contributed by atoms with Gasteiger partial charge in [-0.15, -0.1) is 0 Å². The summed E-state index contributed by atoms with van der Waals surface area (Å²) in [7, 11) is 0. The lowest BCUT2D eigenvalue weighted by Crippen LogP contribution is -2.28. The topological polar surface area (TPSA) is 24.9 Å². The van der Waals surface area contributed by atoms with Crippen LogP contribution in [0.3, 0.4) is 0 Å². The van der Waals surface area contributed by atoms with E-state index in [1.165, 1.54) is 11.1 Å². The zero-order chi connectivity index (χ0) is 13.9. The van der Waals surface area contributed by atoms with E-state index in [1.807, 2.05) is 0 Å². The van der Waals surface area contributed by atoms with Crippen molar-refractivity contribution in [2.45, 2.75) is 54.5 Å². The summed E-state index contributed by atoms with van der Waals surface area (Å²) in [5.74, 6) is 1.43. The minimum absolute atomic E-state index is 0.374. The minimum Gasteiger partial charge on any atom is -0.310 e. The highest BCUT2D eigenvalue weighted by Crippen LogP contribution is 2.21. The highest BCUT2D eigenvalue weighted by molar-refractivity contribution is 5.33. The predicted octanol–water partition coefficient (Wildman–Crippen LogP) is 3.95. The fraction of sp³-hybridized carbons (Fsp3) is 0.688. The number of aromatic nitrogens is 1. The quantitative estimate of drug-likeness (QED) is 0.853. The van der Waals surface area contributed by atoms with Gasteiger partial charge in [0.15, 0.2) is 0 Å². The van der Waals surface area contributed by atoms with Crippen LogP contribution in [0.25, 0.3) is 0 Å². The van der Waals surface area contributed by atoms with Gasteiger partial charge >= 0.3 is 0 Å². The second kappa shape index (κ2) is 6.33. The molecular formula is C16H28N2. The number of rotatable bonds is 5. The van der Waals surface area contributed by atoms with Gasteiger partial charge in [0.25, 0.3) is 0 Å². The van der Waals surface area contributed by atoms with Crippen molar-refractivity contribution in [2.75, 3.05) is 6.54 Å². The Morgan fingerprint density at radius 1 is 1.11 bits per heavy atom. The van der Waals surface area contributed by atoms with Crippen molar-refractivity contribution in [3.63, 3.8) is 0 Å². The predicted molar refractivity (Wildman–Crippen MR) is 78.9 cm³/mol. The Morgan fingerprint density at radius 3 is 2.22 bits per heavy atom. The maximum atomic E-state index is 4.58. The summed E-state index contributed by atoms with van der Waals surface area (Å²) in [5.41, 5.74) is 4.97. The second-order valence-corrected chi connectivity index (χ2v) is 5.93. The van der Waals surface area contributed by atoms with E-state index in [-0.39, 0.29) is 0 Å². The SMILES string of the molecule is Cc1cc(C)c(C(C)NCC(C)C(C)C)c(C)n1. The Morgan fingerprint density at radius 2 is 1.72 bits per heavy atom. The Balaban J connectivity index is 2.76. The first-order valence-electron chi connectivity index (χ1n) is 7.01. The lowest BCUT2D eigenvalue weighted by molar-refractivity contribution is 0.375. The van der Waals surface area contributed by atoms with Crippen LogP contribution in [-0.2, 0) is 0 Å². The molecule has 18 heavy (non-hydrogen) atoms. The summed E-state index contributed by atoms with van der Waals surface area (Å²) in [4.78, 5) is 4.58. The van der Waals surface area contributed by atoms with Gasteiger partial charge in [0.05, 0.1) is 0 Å². The molecule has 1 heterocycles. The molecule has 0 amide bonds. The van der Waals surface area contributed by atoms with Gasteiger partial charge in [-0.25, -0.2) is 0 Å². The van der Waals surface area contributed by atoms with Gasteiger partial charge in [-0.2, -0.15) is 0 Å². The largest absolute Gasteiger partial charge is 0.310 e. The molecule has 0 saturated heterocycles. The van der Waals surface area contributed by atoms with Gasteiger partial charge in [-0.05, 0) is 63.3 Å². The average Bonchev–Trinajstić information content (AvgIpc) is 2.24. The summed E-state index contributed by atoms with van der Waals surface area (Å²) in [6.07, 6.45) is 0. The van der Waals surface area contributed by atoms with Crippen molar-refractivity contribution in [1.82, 2.24) is 10.3 Å². The molecule has 1 aromatic heterocycles. The molecule has 1 N–H and O–H groups in total. The van der Waals surface area contributed by atoms with Gasteiger partial charge < -0.3 is 5.32 Å². The molecule has 1 rings (SSSR count). The molecule has 0 radical (unpaired) electrons. The number of nitrogens with zero attached hydrogens (tertiary/aromatic N) is 1. The lowest BCUT2D eigenvalue weighted by atomic mass is 9.96. The van der Waals surface area contributed by atoms with Crippen LogP contribution in [0.1, 0.15) is 56.3 Å². The lowest BCUT2D eigenvalue weighted by Gasteiger charge is -2.23. The highest BCUT2D eigenvalue weighted by Gasteiger charge is 2.14. The monoisotopic (exact) mass is 248 g/mol. The van der Waals surface area contributed by atoms with E-state index in [0.29, 0.717) is 12.0 Å². The zero-order valence-corrected chi connectivity index (χ0v) is 13.0. The van der Waals surface area contributed by atoms with Crippen LogP contribution < -0.4 is 5.32 Å². The van der Waals surface area contributed by atoms with Crippen molar-refractivity contribution in [3.05, 3.63) is 28.6 Å². The molecule has 0 aliphatic heterocycles. The number of nitrogens with one attached hydrogen (secondary N) is 1. The maximum absolute atomic E-state index is 4.58. The fourth-order valence-corrected chi connectivity index (χ4v) is 2.39. The van der Waals surface area contributed by atoms with E-state index in [1.54, 1.807) is 0 Å². The number of hydrogen-bond acceptors (Lipinski definition) is 2. The van der Waals surface area contributed by atoms with E-state index in [9.17, 15) is 0 Å². The van der Waals surface area contributed by atoms with Crippen molar-refractivity contribution < 1.29 is 0 Å². The molecule has 0 aliphatic carbocycles. The molecule has 0 spiro atoms. The van der Waals surface area contributed by atoms with Crippen LogP contribution in [-0.4, -0.2) is 11.5 Å². The third kappa shape index (κ3) is 3.81. The molecule has 2 heteroatoms. The van der Waals surface area contributed by atoms with Crippen molar-refractivity contribution in [3.8, 4) is 0 Å². The van der Waals surface area contributed by atoms with Gasteiger partial charge in [-0.3, -0.25) is 4.98 Å². The molecule has 102 valence electrons. The number of hydrogen-bond donors (Lipinski definition) is 1.